The number of nitrogens with two attached hydrogens (primary N) is 1. The number of halogens is 1. The molecule has 1 aliphatic rings. The number of ether oxygens (including phenoxy) is 3. The average Bonchev–Trinajstić information content (AvgIpc) is 2.66. The largest absolute Gasteiger partial charge is 0.493 e. The van der Waals surface area contributed by atoms with Crippen molar-refractivity contribution in [1.29, 1.82) is 0 Å². The van der Waals surface area contributed by atoms with Gasteiger partial charge in [-0.2, -0.15) is 0 Å². The third kappa shape index (κ3) is 3.95. The molecule has 7 heteroatoms. The molecule has 0 spiro atoms. The number of benzene rings is 2. The third-order valence-electron chi connectivity index (χ3n) is 4.14. The van der Waals surface area contributed by atoms with Crippen molar-refractivity contribution in [2.75, 3.05) is 45.1 Å². The first kappa shape index (κ1) is 18.9. The molecule has 27 heavy (non-hydrogen) atoms. The molecule has 0 amide bonds. The Kier molecular flexibility index (Phi) is 5.46. The highest BCUT2D eigenvalue weighted by molar-refractivity contribution is 6.47. The normalized spacial score (nSPS) is 13.3. The van der Waals surface area contributed by atoms with Crippen molar-refractivity contribution in [2.45, 2.75) is 0 Å². The minimum Gasteiger partial charge on any atom is -0.493 e. The van der Waals surface area contributed by atoms with Crippen LogP contribution in [0.3, 0.4) is 0 Å². The Morgan fingerprint density at radius 1 is 1.22 bits per heavy atom. The van der Waals surface area contributed by atoms with Crippen molar-refractivity contribution in [3.8, 4) is 17.2 Å². The van der Waals surface area contributed by atoms with Gasteiger partial charge in [-0.15, -0.1) is 0 Å². The highest BCUT2D eigenvalue weighted by atomic mass is 35.5. The Labute approximate surface area is 163 Å². The number of carbonyl (C=O) groups is 1. The van der Waals surface area contributed by atoms with Crippen LogP contribution in [-0.4, -0.2) is 40.2 Å². The summed E-state index contributed by atoms with van der Waals surface area (Å²) < 4.78 is 16.5. The van der Waals surface area contributed by atoms with Crippen molar-refractivity contribution in [3.05, 3.63) is 46.5 Å². The van der Waals surface area contributed by atoms with Crippen LogP contribution in [0.4, 0.5) is 11.4 Å². The van der Waals surface area contributed by atoms with Crippen molar-refractivity contribution in [2.24, 2.45) is 0 Å². The van der Waals surface area contributed by atoms with Gasteiger partial charge in [0.1, 0.15) is 13.2 Å². The van der Waals surface area contributed by atoms with Crippen LogP contribution in [0.5, 0.6) is 17.2 Å². The van der Waals surface area contributed by atoms with E-state index >= 15 is 0 Å². The zero-order valence-corrected chi connectivity index (χ0v) is 16.2. The van der Waals surface area contributed by atoms with Gasteiger partial charge in [-0.1, -0.05) is 11.6 Å². The molecule has 1 heterocycles. The lowest BCUT2D eigenvalue weighted by atomic mass is 10.1. The number of methoxy groups -OCH3 is 1. The molecule has 0 saturated carbocycles. The molecule has 0 aromatic heterocycles. The number of hydrogen-bond acceptors (Lipinski definition) is 6. The Hall–Kier alpha value is -2.86. The van der Waals surface area contributed by atoms with Gasteiger partial charge in [-0.05, 0) is 42.0 Å². The van der Waals surface area contributed by atoms with E-state index in [-0.39, 0.29) is 10.8 Å². The number of nitrogens with zero attached hydrogens (tertiary/aromatic N) is 1. The summed E-state index contributed by atoms with van der Waals surface area (Å²) in [6.45, 7) is 0.915. The van der Waals surface area contributed by atoms with Gasteiger partial charge in [0.25, 0.3) is 0 Å². The van der Waals surface area contributed by atoms with Crippen LogP contribution in [0.25, 0.3) is 6.08 Å². The van der Waals surface area contributed by atoms with E-state index in [0.29, 0.717) is 47.3 Å². The summed E-state index contributed by atoms with van der Waals surface area (Å²) >= 11 is 6.30. The van der Waals surface area contributed by atoms with Crippen LogP contribution < -0.4 is 24.8 Å². The summed E-state index contributed by atoms with van der Waals surface area (Å²) in [7, 11) is 5.27. The van der Waals surface area contributed by atoms with Gasteiger partial charge in [0.15, 0.2) is 11.5 Å². The molecule has 0 aliphatic carbocycles. The maximum atomic E-state index is 12.7. The van der Waals surface area contributed by atoms with Crippen molar-refractivity contribution < 1.29 is 19.0 Å². The molecular weight excluding hydrogens is 368 g/mol. The van der Waals surface area contributed by atoms with Crippen LogP contribution in [-0.2, 0) is 0 Å². The summed E-state index contributed by atoms with van der Waals surface area (Å²) in [5.74, 6) is 1.34. The predicted molar refractivity (Wildman–Crippen MR) is 107 cm³/mol. The van der Waals surface area contributed by atoms with Gasteiger partial charge >= 0.3 is 0 Å². The Morgan fingerprint density at radius 3 is 2.67 bits per heavy atom. The van der Waals surface area contributed by atoms with E-state index in [1.54, 1.807) is 43.5 Å². The molecule has 2 aromatic rings. The van der Waals surface area contributed by atoms with E-state index in [4.69, 9.17) is 31.5 Å². The van der Waals surface area contributed by atoms with E-state index in [9.17, 15) is 4.79 Å². The highest BCUT2D eigenvalue weighted by Crippen LogP contribution is 2.41. The molecule has 0 saturated heterocycles. The van der Waals surface area contributed by atoms with Crippen molar-refractivity contribution in [3.63, 3.8) is 0 Å². The zero-order valence-electron chi connectivity index (χ0n) is 15.4. The topological polar surface area (TPSA) is 74.0 Å². The maximum Gasteiger partial charge on any atom is 0.204 e. The van der Waals surface area contributed by atoms with Crippen LogP contribution in [0, 0.1) is 0 Å². The Balaban J connectivity index is 1.93. The number of carbonyl (C=O) groups excluding carboxylic acids is 1. The smallest absolute Gasteiger partial charge is 0.204 e. The highest BCUT2D eigenvalue weighted by Gasteiger charge is 2.19. The van der Waals surface area contributed by atoms with Crippen molar-refractivity contribution in [1.82, 2.24) is 0 Å². The first-order chi connectivity index (χ1) is 12.9. The van der Waals surface area contributed by atoms with Crippen molar-refractivity contribution >= 4 is 34.8 Å². The predicted octanol–water partition coefficient (Wildman–Crippen LogP) is 3.58. The molecule has 0 unspecified atom stereocenters. The minimum atomic E-state index is -0.298. The van der Waals surface area contributed by atoms with Gasteiger partial charge < -0.3 is 24.8 Å². The second-order valence-electron chi connectivity index (χ2n) is 6.24. The Bertz CT molecular complexity index is 892. The van der Waals surface area contributed by atoms with E-state index in [2.05, 4.69) is 0 Å². The fraction of sp³-hybridized carbons (Fsp3) is 0.250. The molecule has 142 valence electrons. The minimum absolute atomic E-state index is 0.0724. The van der Waals surface area contributed by atoms with Gasteiger partial charge in [0.2, 0.25) is 11.5 Å². The second-order valence-corrected chi connectivity index (χ2v) is 6.64. The zero-order chi connectivity index (χ0) is 19.6. The molecular formula is C20H21ClN2O4. The summed E-state index contributed by atoms with van der Waals surface area (Å²) in [5.41, 5.74) is 8.43. The Morgan fingerprint density at radius 2 is 1.96 bits per heavy atom. The van der Waals surface area contributed by atoms with Gasteiger partial charge in [-0.3, -0.25) is 4.79 Å². The number of Topliss-reactive ketones (excluding diaryl/α,β-unsaturated/α-hetero) is 1. The first-order valence-corrected chi connectivity index (χ1v) is 8.75. The van der Waals surface area contributed by atoms with E-state index in [0.717, 1.165) is 5.69 Å². The number of anilines is 2. The monoisotopic (exact) mass is 388 g/mol. The number of allylic oxidation sites excluding steroid dienone is 1. The number of fused-ring (bicyclic) bond motifs is 1. The summed E-state index contributed by atoms with van der Waals surface area (Å²) in [6, 6.07) is 8.59. The number of hydrogen-bond donors (Lipinski definition) is 1. The van der Waals surface area contributed by atoms with Crippen LogP contribution in [0.2, 0.25) is 0 Å². The third-order valence-corrected chi connectivity index (χ3v) is 4.42. The van der Waals surface area contributed by atoms with Crippen LogP contribution in [0.1, 0.15) is 15.9 Å². The maximum absolute atomic E-state index is 12.7. The lowest BCUT2D eigenvalue weighted by Gasteiger charge is -2.21. The fourth-order valence-corrected chi connectivity index (χ4v) is 3.03. The van der Waals surface area contributed by atoms with E-state index < -0.39 is 0 Å². The molecule has 2 aromatic carbocycles. The van der Waals surface area contributed by atoms with Crippen LogP contribution >= 0.6 is 11.6 Å². The first-order valence-electron chi connectivity index (χ1n) is 8.37. The molecule has 1 aliphatic heterocycles. The fourth-order valence-electron chi connectivity index (χ4n) is 2.80. The molecule has 3 rings (SSSR count). The van der Waals surface area contributed by atoms with Gasteiger partial charge in [0, 0.05) is 19.7 Å². The number of nitrogen functional groups attached to an aromatic ring is 1. The number of rotatable bonds is 5. The molecule has 6 nitrogen and oxygen atoms in total. The summed E-state index contributed by atoms with van der Waals surface area (Å²) in [5, 5.41) is 0.0724. The lowest BCUT2D eigenvalue weighted by Crippen LogP contribution is -2.16. The van der Waals surface area contributed by atoms with Gasteiger partial charge in [0.05, 0.1) is 23.5 Å². The average molecular weight is 389 g/mol. The molecule has 0 fully saturated rings. The van der Waals surface area contributed by atoms with E-state index in [1.165, 1.54) is 0 Å². The molecule has 0 bridgehead atoms. The molecule has 2 N–H and O–H groups in total. The summed E-state index contributed by atoms with van der Waals surface area (Å²) in [6.07, 6.45) is 1.58. The number of ketones is 1. The quantitative estimate of drug-likeness (QED) is 0.479. The molecule has 0 radical (unpaired) electrons. The van der Waals surface area contributed by atoms with Crippen LogP contribution in [0.15, 0.2) is 35.4 Å². The van der Waals surface area contributed by atoms with E-state index in [1.807, 2.05) is 19.0 Å². The lowest BCUT2D eigenvalue weighted by molar-refractivity contribution is 0.104. The van der Waals surface area contributed by atoms with Gasteiger partial charge in [-0.25, -0.2) is 0 Å². The molecule has 0 atom stereocenters. The standard InChI is InChI=1S/C20H21ClN2O4/c1-23(2)16-11-13(4-5-15(16)22)19(24)14(21)8-12-9-17(25-3)20-18(10-12)26-6-7-27-20/h4-5,8-11H,6-7,22H2,1-3H3/b14-8+. The SMILES string of the molecule is COc1cc(/C=C(/Cl)C(=O)c2ccc(N)c(N(C)C)c2)cc2c1OCCO2. The second kappa shape index (κ2) is 7.80. The summed E-state index contributed by atoms with van der Waals surface area (Å²) in [4.78, 5) is 14.6.